The zero-order valence-electron chi connectivity index (χ0n) is 14.4. The molecule has 134 valence electrons. The first kappa shape index (κ1) is 18.0. The predicted octanol–water partition coefficient (Wildman–Crippen LogP) is 4.04. The maximum atomic E-state index is 12.4. The second-order valence-corrected chi connectivity index (χ2v) is 6.41. The van der Waals surface area contributed by atoms with Crippen LogP contribution in [0.4, 0.5) is 0 Å². The standard InChI is InChI=1S/C20H18ClNO4/c1-13(15-4-3-5-16(21)10-15)22(2)19(23)12-25-17-8-6-14-7-9-20(24)26-18(14)11-17/h3-11,13H,12H2,1-2H3. The molecule has 1 atom stereocenters. The van der Waals surface area contributed by atoms with Crippen LogP contribution < -0.4 is 10.4 Å². The number of likely N-dealkylation sites (N-methyl/N-ethyl adjacent to an activating group) is 1. The highest BCUT2D eigenvalue weighted by molar-refractivity contribution is 6.30. The van der Waals surface area contributed by atoms with Crippen LogP contribution in [0.25, 0.3) is 11.0 Å². The number of halogens is 1. The van der Waals surface area contributed by atoms with Gasteiger partial charge >= 0.3 is 5.63 Å². The van der Waals surface area contributed by atoms with Crippen molar-refractivity contribution in [1.82, 2.24) is 4.90 Å². The molecule has 6 heteroatoms. The molecular weight excluding hydrogens is 354 g/mol. The van der Waals surface area contributed by atoms with Crippen molar-refractivity contribution < 1.29 is 13.9 Å². The zero-order chi connectivity index (χ0) is 18.7. The van der Waals surface area contributed by atoms with Crippen LogP contribution >= 0.6 is 11.6 Å². The van der Waals surface area contributed by atoms with Crippen molar-refractivity contribution in [3.05, 3.63) is 75.6 Å². The highest BCUT2D eigenvalue weighted by atomic mass is 35.5. The monoisotopic (exact) mass is 371 g/mol. The van der Waals surface area contributed by atoms with Gasteiger partial charge in [-0.2, -0.15) is 0 Å². The lowest BCUT2D eigenvalue weighted by Crippen LogP contribution is -2.33. The van der Waals surface area contributed by atoms with Gasteiger partial charge in [-0.05, 0) is 42.8 Å². The summed E-state index contributed by atoms with van der Waals surface area (Å²) < 4.78 is 10.7. The van der Waals surface area contributed by atoms with Crippen LogP contribution in [0.5, 0.6) is 5.75 Å². The molecule has 3 aromatic rings. The highest BCUT2D eigenvalue weighted by Gasteiger charge is 2.18. The van der Waals surface area contributed by atoms with Gasteiger partial charge in [0.15, 0.2) is 6.61 Å². The average Bonchev–Trinajstić information content (AvgIpc) is 2.64. The van der Waals surface area contributed by atoms with E-state index in [2.05, 4.69) is 0 Å². The smallest absolute Gasteiger partial charge is 0.336 e. The molecule has 0 radical (unpaired) electrons. The molecule has 0 fully saturated rings. The molecule has 0 aliphatic carbocycles. The lowest BCUT2D eigenvalue weighted by molar-refractivity contribution is -0.134. The molecule has 0 N–H and O–H groups in total. The van der Waals surface area contributed by atoms with Gasteiger partial charge in [-0.1, -0.05) is 23.7 Å². The van der Waals surface area contributed by atoms with E-state index in [1.807, 2.05) is 25.1 Å². The number of fused-ring (bicyclic) bond motifs is 1. The molecule has 0 aliphatic heterocycles. The van der Waals surface area contributed by atoms with E-state index < -0.39 is 5.63 Å². The van der Waals surface area contributed by atoms with Gasteiger partial charge in [0.05, 0.1) is 6.04 Å². The van der Waals surface area contributed by atoms with E-state index in [0.717, 1.165) is 10.9 Å². The SMILES string of the molecule is CC(c1cccc(Cl)c1)N(C)C(=O)COc1ccc2ccc(=O)oc2c1. The van der Waals surface area contributed by atoms with Crippen LogP contribution in [-0.2, 0) is 4.79 Å². The Kier molecular flexibility index (Phi) is 5.28. The summed E-state index contributed by atoms with van der Waals surface area (Å²) in [6, 6.07) is 15.4. The first-order valence-corrected chi connectivity index (χ1v) is 8.49. The van der Waals surface area contributed by atoms with Gasteiger partial charge in [0.2, 0.25) is 0 Å². The third-order valence-corrected chi connectivity index (χ3v) is 4.50. The second-order valence-electron chi connectivity index (χ2n) is 5.98. The van der Waals surface area contributed by atoms with Crippen molar-refractivity contribution in [2.24, 2.45) is 0 Å². The molecule has 0 aliphatic rings. The molecule has 1 heterocycles. The number of nitrogens with zero attached hydrogens (tertiary/aromatic N) is 1. The summed E-state index contributed by atoms with van der Waals surface area (Å²) in [5.41, 5.74) is 0.935. The fraction of sp³-hybridized carbons (Fsp3) is 0.200. The fourth-order valence-corrected chi connectivity index (χ4v) is 2.78. The molecule has 1 amide bonds. The van der Waals surface area contributed by atoms with Crippen LogP contribution in [0.3, 0.4) is 0 Å². The summed E-state index contributed by atoms with van der Waals surface area (Å²) in [7, 11) is 1.72. The van der Waals surface area contributed by atoms with E-state index in [0.29, 0.717) is 16.4 Å². The van der Waals surface area contributed by atoms with Crippen molar-refractivity contribution in [2.45, 2.75) is 13.0 Å². The summed E-state index contributed by atoms with van der Waals surface area (Å²) in [6.07, 6.45) is 0. The van der Waals surface area contributed by atoms with Crippen molar-refractivity contribution in [3.63, 3.8) is 0 Å². The molecule has 1 aromatic heterocycles. The molecule has 26 heavy (non-hydrogen) atoms. The van der Waals surface area contributed by atoms with E-state index in [1.165, 1.54) is 6.07 Å². The van der Waals surface area contributed by atoms with Crippen molar-refractivity contribution in [3.8, 4) is 5.75 Å². The number of hydrogen-bond donors (Lipinski definition) is 0. The number of carbonyl (C=O) groups excluding carboxylic acids is 1. The quantitative estimate of drug-likeness (QED) is 0.635. The van der Waals surface area contributed by atoms with Crippen LogP contribution in [-0.4, -0.2) is 24.5 Å². The lowest BCUT2D eigenvalue weighted by atomic mass is 10.1. The second kappa shape index (κ2) is 7.62. The van der Waals surface area contributed by atoms with E-state index in [9.17, 15) is 9.59 Å². The number of rotatable bonds is 5. The Morgan fingerprint density at radius 2 is 1.96 bits per heavy atom. The molecule has 0 spiro atoms. The van der Waals surface area contributed by atoms with Crippen molar-refractivity contribution in [1.29, 1.82) is 0 Å². The zero-order valence-corrected chi connectivity index (χ0v) is 15.2. The molecule has 0 saturated carbocycles. The topological polar surface area (TPSA) is 59.8 Å². The Morgan fingerprint density at radius 3 is 2.73 bits per heavy atom. The average molecular weight is 372 g/mol. The van der Waals surface area contributed by atoms with E-state index in [4.69, 9.17) is 20.8 Å². The summed E-state index contributed by atoms with van der Waals surface area (Å²) in [6.45, 7) is 1.80. The summed E-state index contributed by atoms with van der Waals surface area (Å²) in [5, 5.41) is 1.42. The molecule has 5 nitrogen and oxygen atoms in total. The van der Waals surface area contributed by atoms with E-state index in [-0.39, 0.29) is 18.6 Å². The summed E-state index contributed by atoms with van der Waals surface area (Å²) in [4.78, 5) is 25.3. The van der Waals surface area contributed by atoms with Crippen molar-refractivity contribution in [2.75, 3.05) is 13.7 Å². The molecule has 0 saturated heterocycles. The fourth-order valence-electron chi connectivity index (χ4n) is 2.58. The Hall–Kier alpha value is -2.79. The first-order chi connectivity index (χ1) is 12.4. The highest BCUT2D eigenvalue weighted by Crippen LogP contribution is 2.23. The predicted molar refractivity (Wildman–Crippen MR) is 101 cm³/mol. The van der Waals surface area contributed by atoms with Gasteiger partial charge in [-0.15, -0.1) is 0 Å². The molecule has 2 aromatic carbocycles. The minimum absolute atomic E-state index is 0.121. The maximum Gasteiger partial charge on any atom is 0.336 e. The number of carbonyl (C=O) groups is 1. The summed E-state index contributed by atoms with van der Waals surface area (Å²) >= 11 is 6.01. The normalized spacial score (nSPS) is 12.0. The molecule has 1 unspecified atom stereocenters. The van der Waals surface area contributed by atoms with Crippen LogP contribution in [0.1, 0.15) is 18.5 Å². The lowest BCUT2D eigenvalue weighted by Gasteiger charge is -2.25. The third-order valence-electron chi connectivity index (χ3n) is 4.26. The largest absolute Gasteiger partial charge is 0.484 e. The number of ether oxygens (including phenoxy) is 1. The first-order valence-electron chi connectivity index (χ1n) is 8.12. The molecular formula is C20H18ClNO4. The van der Waals surface area contributed by atoms with Crippen LogP contribution in [0.2, 0.25) is 5.02 Å². The van der Waals surface area contributed by atoms with Gasteiger partial charge in [0, 0.05) is 29.6 Å². The van der Waals surface area contributed by atoms with Gasteiger partial charge in [0.1, 0.15) is 11.3 Å². The number of benzene rings is 2. The Balaban J connectivity index is 1.67. The van der Waals surface area contributed by atoms with Gasteiger partial charge < -0.3 is 14.1 Å². The van der Waals surface area contributed by atoms with E-state index in [1.54, 1.807) is 42.3 Å². The van der Waals surface area contributed by atoms with Crippen molar-refractivity contribution >= 4 is 28.5 Å². The molecule has 0 bridgehead atoms. The van der Waals surface area contributed by atoms with Gasteiger partial charge in [0.25, 0.3) is 5.91 Å². The van der Waals surface area contributed by atoms with Crippen LogP contribution in [0, 0.1) is 0 Å². The molecule has 3 rings (SSSR count). The maximum absolute atomic E-state index is 12.4. The van der Waals surface area contributed by atoms with E-state index >= 15 is 0 Å². The van der Waals surface area contributed by atoms with Crippen LogP contribution in [0.15, 0.2) is 63.8 Å². The minimum Gasteiger partial charge on any atom is -0.484 e. The summed E-state index contributed by atoms with van der Waals surface area (Å²) in [5.74, 6) is 0.288. The third kappa shape index (κ3) is 4.06. The number of hydrogen-bond acceptors (Lipinski definition) is 4. The van der Waals surface area contributed by atoms with Gasteiger partial charge in [-0.25, -0.2) is 4.79 Å². The Morgan fingerprint density at radius 1 is 1.19 bits per heavy atom. The van der Waals surface area contributed by atoms with Gasteiger partial charge in [-0.3, -0.25) is 4.79 Å². The Labute approximate surface area is 155 Å². The number of amides is 1. The Bertz CT molecular complexity index is 998. The minimum atomic E-state index is -0.430.